The molecule has 0 bridgehead atoms. The summed E-state index contributed by atoms with van der Waals surface area (Å²) in [6.45, 7) is 4.64. The van der Waals surface area contributed by atoms with E-state index in [1.165, 1.54) is 11.1 Å². The lowest BCUT2D eigenvalue weighted by Gasteiger charge is -2.18. The summed E-state index contributed by atoms with van der Waals surface area (Å²) in [6, 6.07) is 20.4. The second kappa shape index (κ2) is 7.28. The fourth-order valence-corrected chi connectivity index (χ4v) is 2.13. The second-order valence-corrected chi connectivity index (χ2v) is 4.68. The van der Waals surface area contributed by atoms with Crippen LogP contribution in [0.1, 0.15) is 29.2 Å². The molecule has 0 aliphatic carbocycles. The fraction of sp³-hybridized carbons (Fsp3) is 0.167. The third kappa shape index (κ3) is 3.81. The number of rotatable bonds is 6. The second-order valence-electron chi connectivity index (χ2n) is 4.68. The zero-order valence-corrected chi connectivity index (χ0v) is 11.4. The van der Waals surface area contributed by atoms with E-state index < -0.39 is 0 Å². The first kappa shape index (κ1) is 14.0. The van der Waals surface area contributed by atoms with Crippen molar-refractivity contribution in [1.29, 1.82) is 5.26 Å². The van der Waals surface area contributed by atoms with Crippen molar-refractivity contribution < 1.29 is 0 Å². The van der Waals surface area contributed by atoms with Gasteiger partial charge >= 0.3 is 0 Å². The molecule has 0 heterocycles. The smallest absolute Gasteiger partial charge is 0.0991 e. The van der Waals surface area contributed by atoms with Gasteiger partial charge < -0.3 is 5.32 Å². The van der Waals surface area contributed by atoms with E-state index in [1.54, 1.807) is 0 Å². The maximum atomic E-state index is 8.84. The zero-order chi connectivity index (χ0) is 14.2. The van der Waals surface area contributed by atoms with Crippen LogP contribution in [0.5, 0.6) is 0 Å². The summed E-state index contributed by atoms with van der Waals surface area (Å²) in [6.07, 6.45) is 2.78. The molecule has 1 atom stereocenters. The number of nitrogens with zero attached hydrogens (tertiary/aromatic N) is 1. The van der Waals surface area contributed by atoms with Crippen LogP contribution in [0.3, 0.4) is 0 Å². The van der Waals surface area contributed by atoms with Gasteiger partial charge in [-0.1, -0.05) is 48.5 Å². The van der Waals surface area contributed by atoms with E-state index in [1.807, 2.05) is 48.5 Å². The van der Waals surface area contributed by atoms with E-state index in [0.29, 0.717) is 5.56 Å². The summed E-state index contributed by atoms with van der Waals surface area (Å²) in [5.74, 6) is 0. The normalized spacial score (nSPS) is 11.6. The van der Waals surface area contributed by atoms with Crippen LogP contribution in [0.15, 0.2) is 67.3 Å². The SMILES string of the molecule is C=CCC(NCc1ccccc1)c1ccc(C#N)cc1. The summed E-state index contributed by atoms with van der Waals surface area (Å²) in [7, 11) is 0. The van der Waals surface area contributed by atoms with Gasteiger partial charge in [-0.2, -0.15) is 5.26 Å². The first-order chi connectivity index (χ1) is 9.83. The summed E-state index contributed by atoms with van der Waals surface area (Å²) >= 11 is 0. The van der Waals surface area contributed by atoms with Gasteiger partial charge in [0.2, 0.25) is 0 Å². The van der Waals surface area contributed by atoms with Gasteiger partial charge in [0.05, 0.1) is 11.6 Å². The topological polar surface area (TPSA) is 35.8 Å². The summed E-state index contributed by atoms with van der Waals surface area (Å²) in [5, 5.41) is 12.4. The molecular weight excluding hydrogens is 244 g/mol. The van der Waals surface area contributed by atoms with Gasteiger partial charge in [-0.05, 0) is 29.7 Å². The zero-order valence-electron chi connectivity index (χ0n) is 11.4. The maximum Gasteiger partial charge on any atom is 0.0991 e. The first-order valence-electron chi connectivity index (χ1n) is 6.71. The highest BCUT2D eigenvalue weighted by atomic mass is 14.9. The minimum absolute atomic E-state index is 0.223. The van der Waals surface area contributed by atoms with Gasteiger partial charge in [0.15, 0.2) is 0 Å². The predicted molar refractivity (Wildman–Crippen MR) is 82.0 cm³/mol. The van der Waals surface area contributed by atoms with Crippen molar-refractivity contribution in [2.24, 2.45) is 0 Å². The van der Waals surface area contributed by atoms with Crippen molar-refractivity contribution in [1.82, 2.24) is 5.32 Å². The molecule has 2 aromatic carbocycles. The molecule has 2 rings (SSSR count). The standard InChI is InChI=1S/C18H18N2/c1-2-6-18(17-11-9-15(13-19)10-12-17)20-14-16-7-4-3-5-8-16/h2-5,7-12,18,20H,1,6,14H2. The lowest BCUT2D eigenvalue weighted by molar-refractivity contribution is 0.539. The van der Waals surface area contributed by atoms with Crippen molar-refractivity contribution in [3.8, 4) is 6.07 Å². The third-order valence-corrected chi connectivity index (χ3v) is 3.24. The Labute approximate surface area is 120 Å². The van der Waals surface area contributed by atoms with E-state index in [-0.39, 0.29) is 6.04 Å². The van der Waals surface area contributed by atoms with E-state index in [0.717, 1.165) is 13.0 Å². The average Bonchev–Trinajstić information content (AvgIpc) is 2.52. The van der Waals surface area contributed by atoms with Crippen LogP contribution in [-0.4, -0.2) is 0 Å². The van der Waals surface area contributed by atoms with Gasteiger partial charge in [-0.3, -0.25) is 0 Å². The van der Waals surface area contributed by atoms with Crippen LogP contribution in [-0.2, 0) is 6.54 Å². The molecule has 1 unspecified atom stereocenters. The Kier molecular flexibility index (Phi) is 5.11. The van der Waals surface area contributed by atoms with Crippen molar-refractivity contribution in [3.05, 3.63) is 83.9 Å². The van der Waals surface area contributed by atoms with Crippen LogP contribution >= 0.6 is 0 Å². The van der Waals surface area contributed by atoms with E-state index in [2.05, 4.69) is 30.1 Å². The number of nitrogens with one attached hydrogen (secondary N) is 1. The molecule has 0 aromatic heterocycles. The highest BCUT2D eigenvalue weighted by molar-refractivity contribution is 5.33. The molecule has 1 N–H and O–H groups in total. The number of nitriles is 1. The Balaban J connectivity index is 2.06. The largest absolute Gasteiger partial charge is 0.306 e. The quantitative estimate of drug-likeness (QED) is 0.800. The van der Waals surface area contributed by atoms with Gasteiger partial charge in [0.25, 0.3) is 0 Å². The van der Waals surface area contributed by atoms with Crippen LogP contribution in [0.2, 0.25) is 0 Å². The molecular formula is C18H18N2. The summed E-state index contributed by atoms with van der Waals surface area (Å²) < 4.78 is 0. The maximum absolute atomic E-state index is 8.84. The van der Waals surface area contributed by atoms with Crippen LogP contribution in [0.4, 0.5) is 0 Å². The highest BCUT2D eigenvalue weighted by Crippen LogP contribution is 2.18. The molecule has 0 radical (unpaired) electrons. The van der Waals surface area contributed by atoms with Crippen molar-refractivity contribution in [2.75, 3.05) is 0 Å². The molecule has 2 aromatic rings. The van der Waals surface area contributed by atoms with E-state index >= 15 is 0 Å². The molecule has 0 aliphatic rings. The lowest BCUT2D eigenvalue weighted by Crippen LogP contribution is -2.20. The molecule has 0 saturated heterocycles. The van der Waals surface area contributed by atoms with E-state index in [4.69, 9.17) is 5.26 Å². The minimum Gasteiger partial charge on any atom is -0.306 e. The van der Waals surface area contributed by atoms with Crippen molar-refractivity contribution >= 4 is 0 Å². The van der Waals surface area contributed by atoms with Crippen LogP contribution in [0, 0.1) is 11.3 Å². The monoisotopic (exact) mass is 262 g/mol. The Morgan fingerprint density at radius 1 is 1.10 bits per heavy atom. The summed E-state index contributed by atoms with van der Waals surface area (Å²) in [5.41, 5.74) is 3.13. The molecule has 0 saturated carbocycles. The Morgan fingerprint density at radius 3 is 2.40 bits per heavy atom. The predicted octanol–water partition coefficient (Wildman–Crippen LogP) is 3.97. The molecule has 2 heteroatoms. The fourth-order valence-electron chi connectivity index (χ4n) is 2.13. The summed E-state index contributed by atoms with van der Waals surface area (Å²) in [4.78, 5) is 0. The van der Waals surface area contributed by atoms with E-state index in [9.17, 15) is 0 Å². The van der Waals surface area contributed by atoms with Crippen LogP contribution < -0.4 is 5.32 Å². The molecule has 100 valence electrons. The van der Waals surface area contributed by atoms with Gasteiger partial charge in [0, 0.05) is 12.6 Å². The third-order valence-electron chi connectivity index (χ3n) is 3.24. The molecule has 0 amide bonds. The van der Waals surface area contributed by atoms with Crippen molar-refractivity contribution in [3.63, 3.8) is 0 Å². The average molecular weight is 262 g/mol. The minimum atomic E-state index is 0.223. The molecule has 2 nitrogen and oxygen atoms in total. The van der Waals surface area contributed by atoms with Gasteiger partial charge in [-0.15, -0.1) is 6.58 Å². The van der Waals surface area contributed by atoms with Gasteiger partial charge in [-0.25, -0.2) is 0 Å². The van der Waals surface area contributed by atoms with Gasteiger partial charge in [0.1, 0.15) is 0 Å². The number of hydrogen-bond acceptors (Lipinski definition) is 2. The molecule has 0 spiro atoms. The molecule has 0 aliphatic heterocycles. The lowest BCUT2D eigenvalue weighted by atomic mass is 10.0. The molecule has 0 fully saturated rings. The Bertz CT molecular complexity index is 579. The van der Waals surface area contributed by atoms with Crippen molar-refractivity contribution in [2.45, 2.75) is 19.0 Å². The molecule has 20 heavy (non-hydrogen) atoms. The Hall–Kier alpha value is -2.37. The number of hydrogen-bond donors (Lipinski definition) is 1. The van der Waals surface area contributed by atoms with Crippen LogP contribution in [0.25, 0.3) is 0 Å². The first-order valence-corrected chi connectivity index (χ1v) is 6.71. The Morgan fingerprint density at radius 2 is 1.80 bits per heavy atom. The number of benzene rings is 2. The highest BCUT2D eigenvalue weighted by Gasteiger charge is 2.09.